The Labute approximate surface area is 167 Å². The Morgan fingerprint density at radius 3 is 2.52 bits per heavy atom. The van der Waals surface area contributed by atoms with Gasteiger partial charge in [0, 0.05) is 42.6 Å². The van der Waals surface area contributed by atoms with Crippen LogP contribution in [-0.4, -0.2) is 47.5 Å². The van der Waals surface area contributed by atoms with Crippen LogP contribution < -0.4 is 16.0 Å². The SMILES string of the molecule is CCNC(=NCC(c1ccc(Cl)cc1)n1cccn1)NCCNC(C)(C)C. The molecular weight excluding hydrogens is 360 g/mol. The zero-order valence-corrected chi connectivity index (χ0v) is 17.4. The van der Waals surface area contributed by atoms with Gasteiger partial charge in [-0.05, 0) is 51.5 Å². The van der Waals surface area contributed by atoms with Gasteiger partial charge in [0.1, 0.15) is 0 Å². The highest BCUT2D eigenvalue weighted by atomic mass is 35.5. The summed E-state index contributed by atoms with van der Waals surface area (Å²) in [7, 11) is 0. The van der Waals surface area contributed by atoms with Gasteiger partial charge in [-0.25, -0.2) is 0 Å². The van der Waals surface area contributed by atoms with E-state index in [0.717, 1.165) is 36.2 Å². The molecule has 0 saturated heterocycles. The molecule has 0 fully saturated rings. The van der Waals surface area contributed by atoms with E-state index in [0.29, 0.717) is 6.54 Å². The predicted molar refractivity (Wildman–Crippen MR) is 114 cm³/mol. The predicted octanol–water partition coefficient (Wildman–Crippen LogP) is 3.07. The first-order valence-electron chi connectivity index (χ1n) is 9.41. The molecule has 0 saturated carbocycles. The highest BCUT2D eigenvalue weighted by Crippen LogP contribution is 2.20. The lowest BCUT2D eigenvalue weighted by Gasteiger charge is -2.21. The van der Waals surface area contributed by atoms with Crippen LogP contribution in [0.25, 0.3) is 0 Å². The van der Waals surface area contributed by atoms with E-state index in [1.807, 2.05) is 41.2 Å². The second-order valence-corrected chi connectivity index (χ2v) is 7.81. The third-order valence-corrected chi connectivity index (χ3v) is 4.19. The summed E-state index contributed by atoms with van der Waals surface area (Å²) < 4.78 is 1.93. The standard InChI is InChI=1S/C20H31ClN6/c1-5-22-19(23-12-13-25-20(2,3)4)24-15-18(27-14-6-11-26-27)16-7-9-17(21)10-8-16/h6-11,14,18,25H,5,12-13,15H2,1-4H3,(H2,22,23,24). The van der Waals surface area contributed by atoms with Gasteiger partial charge < -0.3 is 16.0 Å². The molecule has 1 heterocycles. The first-order valence-corrected chi connectivity index (χ1v) is 9.78. The number of nitrogens with zero attached hydrogens (tertiary/aromatic N) is 3. The molecule has 27 heavy (non-hydrogen) atoms. The summed E-state index contributed by atoms with van der Waals surface area (Å²) in [5.41, 5.74) is 1.23. The summed E-state index contributed by atoms with van der Waals surface area (Å²) in [6.07, 6.45) is 3.75. The number of guanidine groups is 1. The quantitative estimate of drug-likeness (QED) is 0.368. The maximum Gasteiger partial charge on any atom is 0.191 e. The van der Waals surface area contributed by atoms with Crippen molar-refractivity contribution >= 4 is 17.6 Å². The molecule has 1 unspecified atom stereocenters. The Morgan fingerprint density at radius 1 is 1.19 bits per heavy atom. The van der Waals surface area contributed by atoms with Crippen molar-refractivity contribution in [2.24, 2.45) is 4.99 Å². The average Bonchev–Trinajstić information content (AvgIpc) is 3.13. The molecule has 1 aromatic carbocycles. The molecule has 0 amide bonds. The fourth-order valence-electron chi connectivity index (χ4n) is 2.63. The van der Waals surface area contributed by atoms with Crippen molar-refractivity contribution in [3.8, 4) is 0 Å². The lowest BCUT2D eigenvalue weighted by atomic mass is 10.1. The average molecular weight is 391 g/mol. The van der Waals surface area contributed by atoms with E-state index in [1.54, 1.807) is 6.20 Å². The van der Waals surface area contributed by atoms with Gasteiger partial charge in [-0.3, -0.25) is 9.67 Å². The molecule has 148 valence electrons. The minimum atomic E-state index is 0.0143. The van der Waals surface area contributed by atoms with Crippen molar-refractivity contribution in [1.82, 2.24) is 25.7 Å². The minimum Gasteiger partial charge on any atom is -0.357 e. The highest BCUT2D eigenvalue weighted by Gasteiger charge is 2.14. The number of aliphatic imine (C=N–C) groups is 1. The lowest BCUT2D eigenvalue weighted by Crippen LogP contribution is -2.44. The van der Waals surface area contributed by atoms with Crippen molar-refractivity contribution in [3.63, 3.8) is 0 Å². The van der Waals surface area contributed by atoms with E-state index in [4.69, 9.17) is 16.6 Å². The Kier molecular flexibility index (Phi) is 8.13. The monoisotopic (exact) mass is 390 g/mol. The third-order valence-electron chi connectivity index (χ3n) is 3.94. The number of benzene rings is 1. The van der Waals surface area contributed by atoms with Crippen LogP contribution in [0.4, 0.5) is 0 Å². The number of aromatic nitrogens is 2. The van der Waals surface area contributed by atoms with Crippen LogP contribution in [0.5, 0.6) is 0 Å². The molecule has 6 nitrogen and oxygen atoms in total. The normalized spacial score (nSPS) is 13.4. The molecule has 0 spiro atoms. The number of rotatable bonds is 8. The minimum absolute atomic E-state index is 0.0143. The number of halogens is 1. The van der Waals surface area contributed by atoms with Gasteiger partial charge in [0.2, 0.25) is 0 Å². The molecule has 3 N–H and O–H groups in total. The third kappa shape index (κ3) is 7.61. The van der Waals surface area contributed by atoms with E-state index in [9.17, 15) is 0 Å². The summed E-state index contributed by atoms with van der Waals surface area (Å²) in [6, 6.07) is 9.79. The number of hydrogen-bond acceptors (Lipinski definition) is 3. The van der Waals surface area contributed by atoms with E-state index < -0.39 is 0 Å². The van der Waals surface area contributed by atoms with Crippen LogP contribution in [0, 0.1) is 0 Å². The fraction of sp³-hybridized carbons (Fsp3) is 0.500. The molecule has 7 heteroatoms. The largest absolute Gasteiger partial charge is 0.357 e. The Bertz CT molecular complexity index is 688. The first kappa shape index (κ1) is 21.3. The molecule has 0 aliphatic carbocycles. The van der Waals surface area contributed by atoms with Gasteiger partial charge in [-0.15, -0.1) is 0 Å². The molecule has 0 bridgehead atoms. The van der Waals surface area contributed by atoms with Crippen LogP contribution >= 0.6 is 11.6 Å². The molecule has 0 aliphatic heterocycles. The van der Waals surface area contributed by atoms with Gasteiger partial charge in [-0.1, -0.05) is 23.7 Å². The van der Waals surface area contributed by atoms with E-state index in [1.165, 1.54) is 0 Å². The van der Waals surface area contributed by atoms with Crippen LogP contribution in [0.2, 0.25) is 5.02 Å². The van der Waals surface area contributed by atoms with Gasteiger partial charge in [0.15, 0.2) is 5.96 Å². The van der Waals surface area contributed by atoms with Crippen LogP contribution in [0.3, 0.4) is 0 Å². The topological polar surface area (TPSA) is 66.3 Å². The lowest BCUT2D eigenvalue weighted by molar-refractivity contribution is 0.428. The van der Waals surface area contributed by atoms with Crippen LogP contribution in [-0.2, 0) is 0 Å². The Balaban J connectivity index is 2.05. The number of hydrogen-bond donors (Lipinski definition) is 3. The van der Waals surface area contributed by atoms with Crippen molar-refractivity contribution in [2.75, 3.05) is 26.2 Å². The second-order valence-electron chi connectivity index (χ2n) is 7.38. The van der Waals surface area contributed by atoms with Gasteiger partial charge in [-0.2, -0.15) is 5.10 Å². The van der Waals surface area contributed by atoms with Crippen molar-refractivity contribution in [3.05, 3.63) is 53.3 Å². The maximum absolute atomic E-state index is 6.04. The van der Waals surface area contributed by atoms with Crippen molar-refractivity contribution in [1.29, 1.82) is 0 Å². The van der Waals surface area contributed by atoms with Crippen LogP contribution in [0.15, 0.2) is 47.7 Å². The van der Waals surface area contributed by atoms with Crippen LogP contribution in [0.1, 0.15) is 39.3 Å². The molecule has 2 rings (SSSR count). The van der Waals surface area contributed by atoms with E-state index in [2.05, 4.69) is 48.7 Å². The maximum atomic E-state index is 6.04. The molecule has 1 atom stereocenters. The Morgan fingerprint density at radius 2 is 1.93 bits per heavy atom. The second kappa shape index (κ2) is 10.3. The summed E-state index contributed by atoms with van der Waals surface area (Å²) in [5, 5.41) is 15.3. The molecule has 0 aliphatic rings. The molecular formula is C20H31ClN6. The summed E-state index contributed by atoms with van der Waals surface area (Å²) in [5.74, 6) is 0.805. The van der Waals surface area contributed by atoms with Crippen molar-refractivity contribution < 1.29 is 0 Å². The summed E-state index contributed by atoms with van der Waals surface area (Å²) in [4.78, 5) is 4.78. The van der Waals surface area contributed by atoms with E-state index >= 15 is 0 Å². The smallest absolute Gasteiger partial charge is 0.191 e. The zero-order valence-electron chi connectivity index (χ0n) is 16.7. The fourth-order valence-corrected chi connectivity index (χ4v) is 2.76. The van der Waals surface area contributed by atoms with Gasteiger partial charge in [0.25, 0.3) is 0 Å². The first-order chi connectivity index (χ1) is 12.9. The zero-order chi connectivity index (χ0) is 19.7. The van der Waals surface area contributed by atoms with Gasteiger partial charge >= 0.3 is 0 Å². The Hall–Kier alpha value is -2.05. The summed E-state index contributed by atoms with van der Waals surface area (Å²) in [6.45, 7) is 11.6. The van der Waals surface area contributed by atoms with E-state index in [-0.39, 0.29) is 11.6 Å². The summed E-state index contributed by atoms with van der Waals surface area (Å²) >= 11 is 6.04. The highest BCUT2D eigenvalue weighted by molar-refractivity contribution is 6.30. The van der Waals surface area contributed by atoms with Crippen molar-refractivity contribution in [2.45, 2.75) is 39.3 Å². The molecule has 2 aromatic rings. The molecule has 0 radical (unpaired) electrons. The number of nitrogens with one attached hydrogen (secondary N) is 3. The molecule has 1 aromatic heterocycles. The van der Waals surface area contributed by atoms with Gasteiger partial charge in [0.05, 0.1) is 12.6 Å².